The summed E-state index contributed by atoms with van der Waals surface area (Å²) in [7, 11) is 3.37. The minimum absolute atomic E-state index is 0.0528. The first kappa shape index (κ1) is 28.5. The zero-order valence-electron chi connectivity index (χ0n) is 23.1. The molecule has 14 heteroatoms. The molecule has 0 radical (unpaired) electrons. The number of halogens is 1. The highest BCUT2D eigenvalue weighted by Gasteiger charge is 2.14. The van der Waals surface area contributed by atoms with Gasteiger partial charge in [-0.15, -0.1) is 11.3 Å². The van der Waals surface area contributed by atoms with E-state index in [1.54, 1.807) is 62.0 Å². The van der Waals surface area contributed by atoms with Gasteiger partial charge in [-0.25, -0.2) is 14.4 Å². The van der Waals surface area contributed by atoms with Crippen molar-refractivity contribution in [1.29, 1.82) is 0 Å². The Morgan fingerprint density at radius 2 is 1.98 bits per heavy atom. The first-order chi connectivity index (χ1) is 21.0. The molecule has 5 heterocycles. The molecular weight excluding hydrogens is 592 g/mol. The van der Waals surface area contributed by atoms with Crippen LogP contribution in [0.1, 0.15) is 0 Å². The molecule has 0 aliphatic rings. The number of aryl methyl sites for hydroxylation is 1. The van der Waals surface area contributed by atoms with Gasteiger partial charge in [0.15, 0.2) is 16.0 Å². The van der Waals surface area contributed by atoms with Gasteiger partial charge in [-0.1, -0.05) is 12.1 Å². The molecule has 0 unspecified atom stereocenters. The molecule has 0 aliphatic heterocycles. The molecule has 0 saturated carbocycles. The fourth-order valence-corrected chi connectivity index (χ4v) is 6.25. The van der Waals surface area contributed by atoms with E-state index >= 15 is 4.39 Å². The molecule has 0 saturated heterocycles. The van der Waals surface area contributed by atoms with Crippen LogP contribution in [0.25, 0.3) is 32.2 Å². The van der Waals surface area contributed by atoms with Crippen molar-refractivity contribution in [3.63, 3.8) is 0 Å². The number of pyridine rings is 3. The monoisotopic (exact) mass is 616 g/mol. The number of aromatic nitrogens is 6. The fourth-order valence-electron chi connectivity index (χ4n) is 4.18. The quantitative estimate of drug-likeness (QED) is 0.0729. The molecule has 5 aromatic heterocycles. The molecular formula is C29H25FN8O3S2. The van der Waals surface area contributed by atoms with Gasteiger partial charge in [0.05, 0.1) is 46.7 Å². The highest BCUT2D eigenvalue weighted by molar-refractivity contribution is 8.15. The highest BCUT2D eigenvalue weighted by Crippen LogP contribution is 2.31. The molecule has 6 rings (SSSR count). The molecule has 0 atom stereocenters. The number of para-hydroxylation sites is 1. The van der Waals surface area contributed by atoms with Crippen molar-refractivity contribution in [3.05, 3.63) is 89.6 Å². The Morgan fingerprint density at radius 3 is 2.77 bits per heavy atom. The van der Waals surface area contributed by atoms with Crippen molar-refractivity contribution in [3.8, 4) is 16.9 Å². The molecule has 1 N–H and O–H groups in total. The summed E-state index contributed by atoms with van der Waals surface area (Å²) in [6.45, 7) is 0.834. The number of hydrogen-bond donors (Lipinski definition) is 1. The highest BCUT2D eigenvalue weighted by atomic mass is 32.2. The number of fused-ring (bicyclic) bond motifs is 2. The fraction of sp³-hybridized carbons (Fsp3) is 0.172. The summed E-state index contributed by atoms with van der Waals surface area (Å²) in [6.07, 6.45) is 8.19. The first-order valence-electron chi connectivity index (χ1n) is 13.1. The number of hydrogen-bond acceptors (Lipinski definition) is 11. The Morgan fingerprint density at radius 1 is 1.09 bits per heavy atom. The third-order valence-corrected chi connectivity index (χ3v) is 8.36. The number of anilines is 1. The molecule has 0 amide bonds. The van der Waals surface area contributed by atoms with Crippen molar-refractivity contribution in [2.75, 3.05) is 25.7 Å². The van der Waals surface area contributed by atoms with Gasteiger partial charge in [-0.3, -0.25) is 19.9 Å². The van der Waals surface area contributed by atoms with E-state index in [-0.39, 0.29) is 17.9 Å². The number of rotatable bonds is 10. The van der Waals surface area contributed by atoms with Crippen LogP contribution >= 0.6 is 23.1 Å². The van der Waals surface area contributed by atoms with Crippen LogP contribution in [0.4, 0.5) is 10.2 Å². The van der Waals surface area contributed by atoms with Crippen LogP contribution in [0.15, 0.2) is 87.7 Å². The van der Waals surface area contributed by atoms with Crippen LogP contribution in [-0.2, 0) is 18.3 Å². The largest absolute Gasteiger partial charge is 0.490 e. The van der Waals surface area contributed by atoms with Crippen LogP contribution in [-0.4, -0.2) is 54.7 Å². The Balaban J connectivity index is 1.30. The molecule has 0 fully saturated rings. The van der Waals surface area contributed by atoms with Crippen LogP contribution in [0, 0.1) is 5.82 Å². The molecule has 6 aromatic rings. The standard InChI is InChI=1S/C29H25FN8O3S2/c1-37-16-19(14-33-37)18-11-22(30)27(32-13-18)36-35-26(43-29-34-24-5-3-4-6-25(24)42-29)17-38-8-7-23-21(28(38)39)12-20(15-31-23)41-10-9-40-2/h3-8,11-16H,9-10,17H2,1-2H3,(H,32,36)/b35-26-. The Labute approximate surface area is 253 Å². The summed E-state index contributed by atoms with van der Waals surface area (Å²) < 4.78 is 30.6. The number of ether oxygens (including phenoxy) is 2. The molecule has 218 valence electrons. The molecule has 0 bridgehead atoms. The summed E-state index contributed by atoms with van der Waals surface area (Å²) in [4.78, 5) is 26.8. The van der Waals surface area contributed by atoms with Crippen LogP contribution in [0.5, 0.6) is 5.75 Å². The van der Waals surface area contributed by atoms with E-state index in [1.807, 2.05) is 24.3 Å². The van der Waals surface area contributed by atoms with E-state index in [4.69, 9.17) is 9.47 Å². The summed E-state index contributed by atoms with van der Waals surface area (Å²) in [5.41, 5.74) is 5.20. The summed E-state index contributed by atoms with van der Waals surface area (Å²) in [5, 5.41) is 9.47. The maximum Gasteiger partial charge on any atom is 0.260 e. The predicted molar refractivity (Wildman–Crippen MR) is 166 cm³/mol. The SMILES string of the molecule is COCCOc1cnc2ccn(C/C(=N/Nc3ncc(-c4cnn(C)c4)cc3F)Sc3nc4ccccc4s3)c(=O)c2c1. The zero-order valence-corrected chi connectivity index (χ0v) is 24.7. The first-order valence-corrected chi connectivity index (χ1v) is 14.7. The lowest BCUT2D eigenvalue weighted by Crippen LogP contribution is -2.23. The van der Waals surface area contributed by atoms with Gasteiger partial charge in [0.1, 0.15) is 17.4 Å². The van der Waals surface area contributed by atoms with Gasteiger partial charge < -0.3 is 14.0 Å². The summed E-state index contributed by atoms with van der Waals surface area (Å²) in [5.74, 6) is -0.164. The number of hydrazone groups is 1. The number of benzene rings is 1. The third kappa shape index (κ3) is 6.56. The van der Waals surface area contributed by atoms with E-state index in [9.17, 15) is 4.79 Å². The van der Waals surface area contributed by atoms with E-state index in [0.29, 0.717) is 40.5 Å². The van der Waals surface area contributed by atoms with Crippen LogP contribution < -0.4 is 15.7 Å². The molecule has 11 nitrogen and oxygen atoms in total. The lowest BCUT2D eigenvalue weighted by Gasteiger charge is -2.11. The van der Waals surface area contributed by atoms with E-state index in [2.05, 4.69) is 30.6 Å². The lowest BCUT2D eigenvalue weighted by molar-refractivity contribution is 0.146. The summed E-state index contributed by atoms with van der Waals surface area (Å²) >= 11 is 2.79. The van der Waals surface area contributed by atoms with Crippen molar-refractivity contribution >= 4 is 55.1 Å². The third-order valence-electron chi connectivity index (χ3n) is 6.30. The zero-order chi connectivity index (χ0) is 29.8. The van der Waals surface area contributed by atoms with Crippen LogP contribution in [0.2, 0.25) is 0 Å². The van der Waals surface area contributed by atoms with Crippen molar-refractivity contribution in [2.24, 2.45) is 12.1 Å². The average Bonchev–Trinajstić information content (AvgIpc) is 3.63. The minimum Gasteiger partial charge on any atom is -0.490 e. The predicted octanol–water partition coefficient (Wildman–Crippen LogP) is 5.18. The van der Waals surface area contributed by atoms with E-state index in [1.165, 1.54) is 33.7 Å². The average molecular weight is 617 g/mol. The molecule has 0 spiro atoms. The molecule has 1 aromatic carbocycles. The summed E-state index contributed by atoms with van der Waals surface area (Å²) in [6, 6.07) is 12.6. The van der Waals surface area contributed by atoms with Gasteiger partial charge in [0.2, 0.25) is 0 Å². The number of nitrogens with zero attached hydrogens (tertiary/aromatic N) is 7. The minimum atomic E-state index is -0.579. The van der Waals surface area contributed by atoms with Crippen LogP contribution in [0.3, 0.4) is 0 Å². The second kappa shape index (κ2) is 12.7. The van der Waals surface area contributed by atoms with Crippen molar-refractivity contribution < 1.29 is 13.9 Å². The van der Waals surface area contributed by atoms with Gasteiger partial charge in [-0.05, 0) is 42.1 Å². The molecule has 43 heavy (non-hydrogen) atoms. The Bertz CT molecular complexity index is 1970. The lowest BCUT2D eigenvalue weighted by atomic mass is 10.1. The number of thioether (sulfide) groups is 1. The van der Waals surface area contributed by atoms with Crippen molar-refractivity contribution in [2.45, 2.75) is 10.9 Å². The normalized spacial score (nSPS) is 11.8. The van der Waals surface area contributed by atoms with E-state index in [0.717, 1.165) is 20.1 Å². The van der Waals surface area contributed by atoms with Gasteiger partial charge in [-0.2, -0.15) is 10.2 Å². The maximum absolute atomic E-state index is 15.1. The topological polar surface area (TPSA) is 121 Å². The smallest absolute Gasteiger partial charge is 0.260 e. The second-order valence-electron chi connectivity index (χ2n) is 9.32. The van der Waals surface area contributed by atoms with Gasteiger partial charge >= 0.3 is 0 Å². The number of nitrogens with one attached hydrogen (secondary N) is 1. The molecule has 0 aliphatic carbocycles. The Kier molecular flexibility index (Phi) is 8.40. The van der Waals surface area contributed by atoms with E-state index < -0.39 is 5.82 Å². The Hall–Kier alpha value is -4.66. The number of methoxy groups -OCH3 is 1. The van der Waals surface area contributed by atoms with Gasteiger partial charge in [0.25, 0.3) is 5.56 Å². The maximum atomic E-state index is 15.1. The van der Waals surface area contributed by atoms with Gasteiger partial charge in [0, 0.05) is 43.9 Å². The number of thiazole rings is 1. The van der Waals surface area contributed by atoms with Crippen molar-refractivity contribution in [1.82, 2.24) is 29.3 Å². The second-order valence-corrected chi connectivity index (χ2v) is 11.7.